The lowest BCUT2D eigenvalue weighted by atomic mass is 9.50. The summed E-state index contributed by atoms with van der Waals surface area (Å²) in [5.41, 5.74) is 1.79. The zero-order chi connectivity index (χ0) is 15.3. The zero-order valence-corrected chi connectivity index (χ0v) is 13.7. The molecule has 0 spiro atoms. The SMILES string of the molecule is CC[C@]12CC[C@H]3[C@@H](CCC4=CC(=O)CC[C@@H]43)[C@@H]1CC[C@@H]2C#N. The largest absolute Gasteiger partial charge is 0.295 e. The second-order valence-electron chi connectivity index (χ2n) is 8.19. The highest BCUT2D eigenvalue weighted by Gasteiger charge is 2.57. The fourth-order valence-corrected chi connectivity index (χ4v) is 6.87. The third kappa shape index (κ3) is 1.87. The van der Waals surface area contributed by atoms with Gasteiger partial charge in [-0.05, 0) is 86.5 Å². The number of carbonyl (C=O) groups excluding carboxylic acids is 1. The molecule has 0 bridgehead atoms. The lowest BCUT2D eigenvalue weighted by Crippen LogP contribution is -2.47. The Bertz CT molecular complexity index is 557. The lowest BCUT2D eigenvalue weighted by Gasteiger charge is -2.54. The summed E-state index contributed by atoms with van der Waals surface area (Å²) < 4.78 is 0. The highest BCUT2D eigenvalue weighted by atomic mass is 16.1. The van der Waals surface area contributed by atoms with Gasteiger partial charge >= 0.3 is 0 Å². The topological polar surface area (TPSA) is 40.9 Å². The molecular formula is C20H27NO. The van der Waals surface area contributed by atoms with E-state index in [4.69, 9.17) is 0 Å². The van der Waals surface area contributed by atoms with Gasteiger partial charge in [0.05, 0.1) is 12.0 Å². The average Bonchev–Trinajstić information content (AvgIpc) is 2.93. The molecule has 4 aliphatic carbocycles. The van der Waals surface area contributed by atoms with E-state index >= 15 is 0 Å². The van der Waals surface area contributed by atoms with Crippen molar-refractivity contribution in [1.82, 2.24) is 0 Å². The molecule has 4 aliphatic rings. The molecule has 22 heavy (non-hydrogen) atoms. The van der Waals surface area contributed by atoms with E-state index < -0.39 is 0 Å². The highest BCUT2D eigenvalue weighted by Crippen LogP contribution is 2.64. The number of nitrogens with zero attached hydrogens (tertiary/aromatic N) is 1. The Morgan fingerprint density at radius 1 is 1.18 bits per heavy atom. The van der Waals surface area contributed by atoms with E-state index in [1.54, 1.807) is 0 Å². The summed E-state index contributed by atoms with van der Waals surface area (Å²) in [5, 5.41) is 9.62. The van der Waals surface area contributed by atoms with E-state index in [9.17, 15) is 10.1 Å². The zero-order valence-electron chi connectivity index (χ0n) is 13.7. The Hall–Kier alpha value is -1.10. The van der Waals surface area contributed by atoms with Crippen LogP contribution in [0.25, 0.3) is 0 Å². The van der Waals surface area contributed by atoms with Crippen LogP contribution < -0.4 is 0 Å². The Morgan fingerprint density at radius 2 is 2.05 bits per heavy atom. The Kier molecular flexibility index (Phi) is 3.44. The molecule has 0 aromatic carbocycles. The number of hydrogen-bond donors (Lipinski definition) is 0. The van der Waals surface area contributed by atoms with Crippen molar-refractivity contribution < 1.29 is 4.79 Å². The Balaban J connectivity index is 1.64. The summed E-state index contributed by atoms with van der Waals surface area (Å²) in [7, 11) is 0. The van der Waals surface area contributed by atoms with E-state index in [-0.39, 0.29) is 0 Å². The van der Waals surface area contributed by atoms with Gasteiger partial charge in [-0.25, -0.2) is 0 Å². The number of fused-ring (bicyclic) bond motifs is 5. The maximum absolute atomic E-state index is 11.7. The smallest absolute Gasteiger partial charge is 0.155 e. The third-order valence-corrected chi connectivity index (χ3v) is 7.83. The number of hydrogen-bond acceptors (Lipinski definition) is 2. The van der Waals surface area contributed by atoms with Gasteiger partial charge in [-0.1, -0.05) is 12.5 Å². The van der Waals surface area contributed by atoms with Crippen molar-refractivity contribution in [2.24, 2.45) is 35.0 Å². The number of carbonyl (C=O) groups is 1. The van der Waals surface area contributed by atoms with E-state index in [1.165, 1.54) is 37.7 Å². The lowest BCUT2D eigenvalue weighted by molar-refractivity contribution is -0.116. The summed E-state index contributed by atoms with van der Waals surface area (Å²) in [6.45, 7) is 2.32. The molecule has 4 rings (SSSR count). The van der Waals surface area contributed by atoms with Gasteiger partial charge in [0.2, 0.25) is 0 Å². The minimum atomic E-state index is 0.299. The van der Waals surface area contributed by atoms with E-state index in [0.29, 0.717) is 23.0 Å². The van der Waals surface area contributed by atoms with Gasteiger partial charge in [0.1, 0.15) is 0 Å². The normalized spacial score (nSPS) is 47.0. The van der Waals surface area contributed by atoms with Crippen LogP contribution in [0.3, 0.4) is 0 Å². The average molecular weight is 297 g/mol. The maximum Gasteiger partial charge on any atom is 0.155 e. The van der Waals surface area contributed by atoms with Crippen LogP contribution in [0.5, 0.6) is 0 Å². The van der Waals surface area contributed by atoms with Crippen molar-refractivity contribution in [2.45, 2.75) is 64.7 Å². The minimum Gasteiger partial charge on any atom is -0.295 e. The molecule has 0 aromatic heterocycles. The van der Waals surface area contributed by atoms with Crippen LogP contribution in [0.1, 0.15) is 64.7 Å². The fourth-order valence-electron chi connectivity index (χ4n) is 6.87. The molecule has 3 fully saturated rings. The molecule has 2 heteroatoms. The van der Waals surface area contributed by atoms with Gasteiger partial charge in [-0.15, -0.1) is 0 Å². The van der Waals surface area contributed by atoms with Gasteiger partial charge in [0.15, 0.2) is 5.78 Å². The summed E-state index contributed by atoms with van der Waals surface area (Å²) in [6.07, 6.45) is 12.4. The molecular weight excluding hydrogens is 270 g/mol. The second kappa shape index (κ2) is 5.22. The molecule has 2 nitrogen and oxygen atoms in total. The molecule has 0 aromatic rings. The quantitative estimate of drug-likeness (QED) is 0.706. The second-order valence-corrected chi connectivity index (χ2v) is 8.19. The molecule has 0 N–H and O–H groups in total. The maximum atomic E-state index is 11.7. The standard InChI is InChI=1S/C20H27NO/c1-2-20-10-9-17-16-7-5-15(22)11-13(16)3-6-18(17)19(20)8-4-14(20)12-21/h11,14,16-19H,2-10H2,1H3/t14-,16+,17-,18-,19+,20-/m1/s1. The van der Waals surface area contributed by atoms with Crippen LogP contribution in [0, 0.1) is 46.3 Å². The molecule has 0 aliphatic heterocycles. The van der Waals surface area contributed by atoms with Gasteiger partial charge in [-0.2, -0.15) is 5.26 Å². The van der Waals surface area contributed by atoms with E-state index in [0.717, 1.165) is 43.4 Å². The van der Waals surface area contributed by atoms with Crippen LogP contribution in [0.4, 0.5) is 0 Å². The van der Waals surface area contributed by atoms with Crippen LogP contribution >= 0.6 is 0 Å². The van der Waals surface area contributed by atoms with Crippen molar-refractivity contribution in [3.05, 3.63) is 11.6 Å². The first-order chi connectivity index (χ1) is 10.7. The van der Waals surface area contributed by atoms with Crippen LogP contribution in [0.15, 0.2) is 11.6 Å². The van der Waals surface area contributed by atoms with Crippen molar-refractivity contribution in [2.75, 3.05) is 0 Å². The van der Waals surface area contributed by atoms with Gasteiger partial charge in [0, 0.05) is 6.42 Å². The molecule has 118 valence electrons. The van der Waals surface area contributed by atoms with Crippen molar-refractivity contribution >= 4 is 5.78 Å². The summed E-state index contributed by atoms with van der Waals surface area (Å²) in [4.78, 5) is 11.7. The van der Waals surface area contributed by atoms with Gasteiger partial charge < -0.3 is 0 Å². The predicted molar refractivity (Wildman–Crippen MR) is 85.8 cm³/mol. The number of allylic oxidation sites excluding steroid dienone is 1. The van der Waals surface area contributed by atoms with Gasteiger partial charge in [0.25, 0.3) is 0 Å². The van der Waals surface area contributed by atoms with Crippen LogP contribution in [-0.4, -0.2) is 5.78 Å². The van der Waals surface area contributed by atoms with Crippen molar-refractivity contribution in [3.63, 3.8) is 0 Å². The van der Waals surface area contributed by atoms with Crippen molar-refractivity contribution in [3.8, 4) is 6.07 Å². The van der Waals surface area contributed by atoms with Crippen LogP contribution in [0.2, 0.25) is 0 Å². The number of ketones is 1. The van der Waals surface area contributed by atoms with Crippen molar-refractivity contribution in [1.29, 1.82) is 5.26 Å². The Labute approximate surface area is 134 Å². The summed E-state index contributed by atoms with van der Waals surface area (Å²) in [5.74, 6) is 3.74. The first kappa shape index (κ1) is 14.5. The van der Waals surface area contributed by atoms with E-state index in [2.05, 4.69) is 13.0 Å². The monoisotopic (exact) mass is 297 g/mol. The van der Waals surface area contributed by atoms with Crippen LogP contribution in [-0.2, 0) is 4.79 Å². The fraction of sp³-hybridized carbons (Fsp3) is 0.800. The minimum absolute atomic E-state index is 0.299. The number of nitriles is 1. The molecule has 0 heterocycles. The highest BCUT2D eigenvalue weighted by molar-refractivity contribution is 5.91. The summed E-state index contributed by atoms with van der Waals surface area (Å²) >= 11 is 0. The molecule has 3 saturated carbocycles. The number of rotatable bonds is 1. The molecule has 0 radical (unpaired) electrons. The molecule has 0 unspecified atom stereocenters. The first-order valence-electron chi connectivity index (χ1n) is 9.32. The third-order valence-electron chi connectivity index (χ3n) is 7.83. The molecule has 0 saturated heterocycles. The van der Waals surface area contributed by atoms with E-state index in [1.807, 2.05) is 6.08 Å². The Morgan fingerprint density at radius 3 is 2.82 bits per heavy atom. The predicted octanol–water partition coefficient (Wildman–Crippen LogP) is 4.66. The van der Waals surface area contributed by atoms with Gasteiger partial charge in [-0.3, -0.25) is 4.79 Å². The summed E-state index contributed by atoms with van der Waals surface area (Å²) in [6, 6.07) is 2.66. The molecule has 6 atom stereocenters. The molecule has 0 amide bonds. The first-order valence-corrected chi connectivity index (χ1v) is 9.32.